The molecule has 0 spiro atoms. The lowest BCUT2D eigenvalue weighted by Crippen LogP contribution is -2.52. The van der Waals surface area contributed by atoms with Gasteiger partial charge in [-0.3, -0.25) is 10.2 Å². The Morgan fingerprint density at radius 3 is 2.33 bits per heavy atom. The van der Waals surface area contributed by atoms with E-state index in [1.54, 1.807) is 30.3 Å². The Balaban J connectivity index is 0.00000256. The van der Waals surface area contributed by atoms with Crippen LogP contribution in [0.2, 0.25) is 15.1 Å². The van der Waals surface area contributed by atoms with Gasteiger partial charge in [-0.05, 0) is 42.5 Å². The van der Waals surface area contributed by atoms with E-state index in [2.05, 4.69) is 20.8 Å². The fraction of sp³-hybridized carbons (Fsp3) is 0.211. The van der Waals surface area contributed by atoms with Crippen LogP contribution in [0.5, 0.6) is 0 Å². The van der Waals surface area contributed by atoms with Crippen LogP contribution in [0.3, 0.4) is 0 Å². The first-order valence-corrected chi connectivity index (χ1v) is 10.1. The van der Waals surface area contributed by atoms with Gasteiger partial charge in [0, 0.05) is 41.8 Å². The summed E-state index contributed by atoms with van der Waals surface area (Å²) in [5.41, 5.74) is 4.16. The van der Waals surface area contributed by atoms with Crippen LogP contribution in [0, 0.1) is 0 Å². The third-order valence-corrected chi connectivity index (χ3v) is 5.22. The third kappa shape index (κ3) is 5.06. The number of carbonyl (C=O) groups excluding carboxylic acids is 1. The zero-order chi connectivity index (χ0) is 20.4. The number of aromatic nitrogens is 3. The van der Waals surface area contributed by atoms with E-state index < -0.39 is 0 Å². The molecule has 7 nitrogen and oxygen atoms in total. The number of amides is 1. The SMILES string of the molecule is Cl.O=C(NN1CCNCC1)c1nc(-c2ccc(Cl)cc2)n(-c2ccc(Cl)cc2Cl)n1. The maximum Gasteiger partial charge on any atom is 0.305 e. The van der Waals surface area contributed by atoms with Gasteiger partial charge in [-0.2, -0.15) is 0 Å². The van der Waals surface area contributed by atoms with Gasteiger partial charge in [0.2, 0.25) is 5.82 Å². The normalized spacial score (nSPS) is 14.2. The van der Waals surface area contributed by atoms with E-state index in [0.29, 0.717) is 39.7 Å². The number of benzene rings is 2. The minimum Gasteiger partial charge on any atom is -0.314 e. The molecule has 0 bridgehead atoms. The van der Waals surface area contributed by atoms with Crippen molar-refractivity contribution >= 4 is 53.1 Å². The number of halogens is 4. The summed E-state index contributed by atoms with van der Waals surface area (Å²) in [4.78, 5) is 17.2. The summed E-state index contributed by atoms with van der Waals surface area (Å²) in [5.74, 6) is 0.127. The molecule has 0 aliphatic carbocycles. The first-order valence-electron chi connectivity index (χ1n) is 8.96. The molecule has 30 heavy (non-hydrogen) atoms. The lowest BCUT2D eigenvalue weighted by Gasteiger charge is -2.26. The molecule has 11 heteroatoms. The van der Waals surface area contributed by atoms with E-state index in [1.165, 1.54) is 4.68 Å². The second-order valence-corrected chi connectivity index (χ2v) is 7.73. The van der Waals surface area contributed by atoms with Crippen molar-refractivity contribution in [3.05, 3.63) is 63.4 Å². The van der Waals surface area contributed by atoms with Gasteiger partial charge in [0.1, 0.15) is 0 Å². The van der Waals surface area contributed by atoms with Crippen LogP contribution in [0.4, 0.5) is 0 Å². The van der Waals surface area contributed by atoms with Crippen molar-refractivity contribution < 1.29 is 4.79 Å². The van der Waals surface area contributed by atoms with Gasteiger partial charge in [0.25, 0.3) is 0 Å². The molecule has 2 N–H and O–H groups in total. The van der Waals surface area contributed by atoms with E-state index >= 15 is 0 Å². The Bertz CT molecular complexity index is 1030. The van der Waals surface area contributed by atoms with Crippen LogP contribution in [-0.2, 0) is 0 Å². The van der Waals surface area contributed by atoms with Crippen LogP contribution in [-0.4, -0.2) is 51.9 Å². The van der Waals surface area contributed by atoms with Gasteiger partial charge >= 0.3 is 5.91 Å². The second kappa shape index (κ2) is 9.96. The third-order valence-electron chi connectivity index (χ3n) is 4.43. The highest BCUT2D eigenvalue weighted by molar-refractivity contribution is 6.35. The first-order chi connectivity index (χ1) is 14.0. The summed E-state index contributed by atoms with van der Waals surface area (Å²) in [5, 5.41) is 11.0. The highest BCUT2D eigenvalue weighted by atomic mass is 35.5. The van der Waals surface area contributed by atoms with E-state index in [-0.39, 0.29) is 24.1 Å². The lowest BCUT2D eigenvalue weighted by atomic mass is 10.2. The number of nitrogens with one attached hydrogen (secondary N) is 2. The summed E-state index contributed by atoms with van der Waals surface area (Å²) < 4.78 is 1.54. The highest BCUT2D eigenvalue weighted by Crippen LogP contribution is 2.28. The van der Waals surface area contributed by atoms with E-state index in [4.69, 9.17) is 34.8 Å². The molecule has 1 aliphatic rings. The Morgan fingerprint density at radius 1 is 1.00 bits per heavy atom. The maximum atomic E-state index is 12.7. The minimum absolute atomic E-state index is 0. The molecule has 158 valence electrons. The number of nitrogens with zero attached hydrogens (tertiary/aromatic N) is 4. The topological polar surface area (TPSA) is 75.1 Å². The summed E-state index contributed by atoms with van der Waals surface area (Å²) in [7, 11) is 0. The lowest BCUT2D eigenvalue weighted by molar-refractivity contribution is 0.0754. The van der Waals surface area contributed by atoms with Gasteiger partial charge in [0.05, 0.1) is 10.7 Å². The van der Waals surface area contributed by atoms with Crippen LogP contribution < -0.4 is 10.7 Å². The Labute approximate surface area is 194 Å². The molecule has 3 aromatic rings. The quantitative estimate of drug-likeness (QED) is 0.584. The molecule has 1 amide bonds. The van der Waals surface area contributed by atoms with Gasteiger partial charge in [0.15, 0.2) is 5.82 Å². The van der Waals surface area contributed by atoms with Gasteiger partial charge in [-0.25, -0.2) is 14.7 Å². The Morgan fingerprint density at radius 2 is 1.67 bits per heavy atom. The van der Waals surface area contributed by atoms with Crippen LogP contribution in [0.1, 0.15) is 10.6 Å². The fourth-order valence-electron chi connectivity index (χ4n) is 2.99. The number of carbonyl (C=O) groups is 1. The molecule has 0 saturated carbocycles. The number of hydrazine groups is 1. The molecular weight excluding hydrogens is 470 g/mol. The molecule has 0 atom stereocenters. The predicted octanol–water partition coefficient (Wildman–Crippen LogP) is 3.87. The average Bonchev–Trinajstić information content (AvgIpc) is 3.14. The molecule has 0 radical (unpaired) electrons. The number of hydrogen-bond acceptors (Lipinski definition) is 5. The molecule has 1 fully saturated rings. The van der Waals surface area contributed by atoms with Gasteiger partial charge in [-0.1, -0.05) is 34.8 Å². The van der Waals surface area contributed by atoms with Crippen molar-refractivity contribution in [2.24, 2.45) is 0 Å². The van der Waals surface area contributed by atoms with E-state index in [0.717, 1.165) is 18.7 Å². The molecule has 4 rings (SSSR count). The average molecular weight is 488 g/mol. The van der Waals surface area contributed by atoms with Crippen molar-refractivity contribution in [3.63, 3.8) is 0 Å². The van der Waals surface area contributed by atoms with Crippen LogP contribution in [0.15, 0.2) is 42.5 Å². The molecular formula is C19H18Cl4N6O. The monoisotopic (exact) mass is 486 g/mol. The van der Waals surface area contributed by atoms with Crippen molar-refractivity contribution in [3.8, 4) is 17.1 Å². The summed E-state index contributed by atoms with van der Waals surface area (Å²) in [6.07, 6.45) is 0. The molecule has 1 aliphatic heterocycles. The Kier molecular flexibility index (Phi) is 7.57. The molecule has 1 saturated heterocycles. The van der Waals surface area contributed by atoms with E-state index in [1.807, 2.05) is 17.1 Å². The van der Waals surface area contributed by atoms with Crippen molar-refractivity contribution in [2.75, 3.05) is 26.2 Å². The van der Waals surface area contributed by atoms with Crippen molar-refractivity contribution in [2.45, 2.75) is 0 Å². The van der Waals surface area contributed by atoms with Crippen molar-refractivity contribution in [1.29, 1.82) is 0 Å². The maximum absolute atomic E-state index is 12.7. The standard InChI is InChI=1S/C19H17Cl3N6O.ClH/c20-13-3-1-12(2-4-13)18-24-17(19(29)26-27-9-7-23-8-10-27)25-28(18)16-6-5-14(21)11-15(16)22;/h1-6,11,23H,7-10H2,(H,26,29);1H. The fourth-order valence-corrected chi connectivity index (χ4v) is 3.60. The summed E-state index contributed by atoms with van der Waals surface area (Å²) >= 11 is 18.4. The largest absolute Gasteiger partial charge is 0.314 e. The second-order valence-electron chi connectivity index (χ2n) is 6.45. The van der Waals surface area contributed by atoms with Crippen molar-refractivity contribution in [1.82, 2.24) is 30.5 Å². The number of piperazine rings is 1. The molecule has 2 heterocycles. The number of hydrogen-bond donors (Lipinski definition) is 2. The first kappa shape index (κ1) is 22.8. The Hall–Kier alpha value is -1.87. The molecule has 0 unspecified atom stereocenters. The summed E-state index contributed by atoms with van der Waals surface area (Å²) in [6.45, 7) is 3.02. The zero-order valence-corrected chi connectivity index (χ0v) is 18.7. The van der Waals surface area contributed by atoms with Gasteiger partial charge < -0.3 is 5.32 Å². The smallest absolute Gasteiger partial charge is 0.305 e. The van der Waals surface area contributed by atoms with Crippen LogP contribution >= 0.6 is 47.2 Å². The molecule has 2 aromatic carbocycles. The zero-order valence-electron chi connectivity index (χ0n) is 15.6. The van der Waals surface area contributed by atoms with E-state index in [9.17, 15) is 4.79 Å². The van der Waals surface area contributed by atoms with Gasteiger partial charge in [-0.15, -0.1) is 17.5 Å². The van der Waals surface area contributed by atoms with Crippen LogP contribution in [0.25, 0.3) is 17.1 Å². The predicted molar refractivity (Wildman–Crippen MR) is 121 cm³/mol. The summed E-state index contributed by atoms with van der Waals surface area (Å²) in [6, 6.07) is 12.2. The molecule has 1 aromatic heterocycles. The highest BCUT2D eigenvalue weighted by Gasteiger charge is 2.22. The number of rotatable bonds is 4. The minimum atomic E-state index is -0.383.